The summed E-state index contributed by atoms with van der Waals surface area (Å²) < 4.78 is 48.1. The van der Waals surface area contributed by atoms with Crippen molar-refractivity contribution >= 4 is 10.2 Å². The van der Waals surface area contributed by atoms with Gasteiger partial charge in [0.05, 0.1) is 6.61 Å². The number of rotatable bonds is 7. The SMILES string of the molecule is CN(C)S(=O)(=O)N1CCC(COc2ccc(CN3Cc4ccc(F)cc4C3)n(C)c2=O)CC1. The van der Waals surface area contributed by atoms with E-state index < -0.39 is 10.2 Å². The number of fused-ring (bicyclic) bond motifs is 1. The number of hydrogen-bond acceptors (Lipinski definition) is 5. The molecule has 0 N–H and O–H groups in total. The lowest BCUT2D eigenvalue weighted by Crippen LogP contribution is -2.45. The summed E-state index contributed by atoms with van der Waals surface area (Å²) in [5.74, 6) is 0.275. The molecule has 0 atom stereocenters. The second-order valence-electron chi connectivity index (χ2n) is 9.05. The van der Waals surface area contributed by atoms with Crippen molar-refractivity contribution in [3.63, 3.8) is 0 Å². The van der Waals surface area contributed by atoms with Gasteiger partial charge in [0.2, 0.25) is 0 Å². The van der Waals surface area contributed by atoms with Gasteiger partial charge in [-0.3, -0.25) is 9.69 Å². The Labute approximate surface area is 194 Å². The van der Waals surface area contributed by atoms with E-state index in [1.165, 1.54) is 28.8 Å². The first-order valence-electron chi connectivity index (χ1n) is 11.1. The Morgan fingerprint density at radius 3 is 2.48 bits per heavy atom. The summed E-state index contributed by atoms with van der Waals surface area (Å²) in [5.41, 5.74) is 2.78. The summed E-state index contributed by atoms with van der Waals surface area (Å²) in [4.78, 5) is 15.0. The van der Waals surface area contributed by atoms with E-state index in [-0.39, 0.29) is 17.3 Å². The molecule has 2 aliphatic heterocycles. The number of ether oxygens (including phenoxy) is 1. The Morgan fingerprint density at radius 2 is 1.79 bits per heavy atom. The van der Waals surface area contributed by atoms with E-state index >= 15 is 0 Å². The van der Waals surface area contributed by atoms with Gasteiger partial charge in [0, 0.05) is 59.6 Å². The third-order valence-electron chi connectivity index (χ3n) is 6.55. The van der Waals surface area contributed by atoms with Crippen LogP contribution in [0.3, 0.4) is 0 Å². The van der Waals surface area contributed by atoms with Crippen molar-refractivity contribution in [2.24, 2.45) is 13.0 Å². The first-order valence-corrected chi connectivity index (χ1v) is 12.5. The smallest absolute Gasteiger partial charge is 0.292 e. The lowest BCUT2D eigenvalue weighted by Gasteiger charge is -2.32. The standard InChI is InChI=1S/C23H31FN4O4S/c1-25(2)33(30,31)28-10-8-17(9-11-28)16-32-22-7-6-21(26(3)23(22)29)15-27-13-18-4-5-20(24)12-19(18)14-27/h4-7,12,17H,8-11,13-16H2,1-3H3. The fourth-order valence-corrected chi connectivity index (χ4v) is 5.57. The van der Waals surface area contributed by atoms with Gasteiger partial charge in [0.15, 0.2) is 5.75 Å². The van der Waals surface area contributed by atoms with Crippen molar-refractivity contribution in [1.82, 2.24) is 18.1 Å². The molecule has 1 aromatic carbocycles. The van der Waals surface area contributed by atoms with E-state index in [0.717, 1.165) is 23.4 Å². The van der Waals surface area contributed by atoms with Crippen LogP contribution >= 0.6 is 0 Å². The summed E-state index contributed by atoms with van der Waals surface area (Å²) in [7, 11) is 1.41. The molecule has 2 aromatic rings. The van der Waals surface area contributed by atoms with Gasteiger partial charge in [-0.1, -0.05) is 6.07 Å². The highest BCUT2D eigenvalue weighted by atomic mass is 32.2. The van der Waals surface area contributed by atoms with Crippen molar-refractivity contribution < 1.29 is 17.5 Å². The normalized spacial score (nSPS) is 18.1. The molecule has 1 aromatic heterocycles. The van der Waals surface area contributed by atoms with Gasteiger partial charge in [0.1, 0.15) is 5.82 Å². The monoisotopic (exact) mass is 478 g/mol. The van der Waals surface area contributed by atoms with E-state index in [0.29, 0.717) is 51.4 Å². The van der Waals surface area contributed by atoms with Crippen LogP contribution in [0, 0.1) is 11.7 Å². The van der Waals surface area contributed by atoms with Gasteiger partial charge in [-0.15, -0.1) is 0 Å². The van der Waals surface area contributed by atoms with E-state index in [1.807, 2.05) is 12.1 Å². The third-order valence-corrected chi connectivity index (χ3v) is 8.49. The fraction of sp³-hybridized carbons (Fsp3) is 0.522. The van der Waals surface area contributed by atoms with Gasteiger partial charge in [-0.25, -0.2) is 4.39 Å². The first kappa shape index (κ1) is 23.9. The Hall–Kier alpha value is -2.27. The summed E-state index contributed by atoms with van der Waals surface area (Å²) >= 11 is 0. The molecule has 1 saturated heterocycles. The Balaban J connectivity index is 1.33. The molecule has 8 nitrogen and oxygen atoms in total. The van der Waals surface area contributed by atoms with Gasteiger partial charge >= 0.3 is 0 Å². The summed E-state index contributed by atoms with van der Waals surface area (Å²) in [5, 5.41) is 0. The number of nitrogens with zero attached hydrogens (tertiary/aromatic N) is 4. The zero-order chi connectivity index (χ0) is 23.8. The predicted octanol–water partition coefficient (Wildman–Crippen LogP) is 1.94. The van der Waals surface area contributed by atoms with Crippen molar-refractivity contribution in [3.8, 4) is 5.75 Å². The van der Waals surface area contributed by atoms with Crippen molar-refractivity contribution in [3.05, 3.63) is 63.3 Å². The molecule has 180 valence electrons. The molecule has 0 amide bonds. The van der Waals surface area contributed by atoms with Crippen molar-refractivity contribution in [1.29, 1.82) is 0 Å². The maximum Gasteiger partial charge on any atom is 0.292 e. The topological polar surface area (TPSA) is 75.1 Å². The van der Waals surface area contributed by atoms with Crippen LogP contribution in [0.5, 0.6) is 5.75 Å². The van der Waals surface area contributed by atoms with E-state index in [4.69, 9.17) is 4.74 Å². The zero-order valence-corrected chi connectivity index (χ0v) is 20.1. The van der Waals surface area contributed by atoms with E-state index in [2.05, 4.69) is 4.90 Å². The van der Waals surface area contributed by atoms with Crippen LogP contribution in [-0.4, -0.2) is 60.3 Å². The number of aromatic nitrogens is 1. The molecule has 0 bridgehead atoms. The molecule has 33 heavy (non-hydrogen) atoms. The van der Waals surface area contributed by atoms with Gasteiger partial charge in [-0.2, -0.15) is 17.0 Å². The second kappa shape index (κ2) is 9.54. The minimum atomic E-state index is -3.39. The molecule has 0 aliphatic carbocycles. The minimum Gasteiger partial charge on any atom is -0.488 e. The van der Waals surface area contributed by atoms with E-state index in [9.17, 15) is 17.6 Å². The van der Waals surface area contributed by atoms with E-state index in [1.54, 1.807) is 23.7 Å². The number of pyridine rings is 1. The van der Waals surface area contributed by atoms with Gasteiger partial charge in [-0.05, 0) is 54.2 Å². The van der Waals surface area contributed by atoms with Crippen LogP contribution in [0.2, 0.25) is 0 Å². The Kier molecular flexibility index (Phi) is 6.90. The highest BCUT2D eigenvalue weighted by molar-refractivity contribution is 7.86. The molecule has 3 heterocycles. The molecule has 4 rings (SSSR count). The molecule has 2 aliphatic rings. The number of piperidine rings is 1. The zero-order valence-electron chi connectivity index (χ0n) is 19.3. The Bertz CT molecular complexity index is 1170. The molecule has 0 unspecified atom stereocenters. The maximum atomic E-state index is 13.5. The Morgan fingerprint density at radius 1 is 1.09 bits per heavy atom. The highest BCUT2D eigenvalue weighted by Crippen LogP contribution is 2.25. The number of halogens is 1. The van der Waals surface area contributed by atoms with Gasteiger partial charge in [0.25, 0.3) is 15.8 Å². The quantitative estimate of drug-likeness (QED) is 0.608. The summed E-state index contributed by atoms with van der Waals surface area (Å²) in [6.45, 7) is 3.26. The molecular weight excluding hydrogens is 447 g/mol. The van der Waals surface area contributed by atoms with Crippen LogP contribution in [0.4, 0.5) is 4.39 Å². The first-order chi connectivity index (χ1) is 15.6. The number of hydrogen-bond donors (Lipinski definition) is 0. The highest BCUT2D eigenvalue weighted by Gasteiger charge is 2.30. The van der Waals surface area contributed by atoms with Crippen LogP contribution < -0.4 is 10.3 Å². The average Bonchev–Trinajstić information content (AvgIpc) is 3.18. The molecule has 10 heteroatoms. The molecule has 0 radical (unpaired) electrons. The van der Waals surface area contributed by atoms with Crippen LogP contribution in [0.25, 0.3) is 0 Å². The van der Waals surface area contributed by atoms with Crippen LogP contribution in [-0.2, 0) is 36.9 Å². The van der Waals surface area contributed by atoms with Crippen molar-refractivity contribution in [2.75, 3.05) is 33.8 Å². The molecule has 1 fully saturated rings. The van der Waals surface area contributed by atoms with Crippen LogP contribution in [0.15, 0.2) is 35.1 Å². The van der Waals surface area contributed by atoms with Crippen molar-refractivity contribution in [2.45, 2.75) is 32.5 Å². The average molecular weight is 479 g/mol. The molecule has 0 spiro atoms. The summed E-state index contributed by atoms with van der Waals surface area (Å²) in [6.07, 6.45) is 1.39. The molecule has 0 saturated carbocycles. The lowest BCUT2D eigenvalue weighted by molar-refractivity contribution is 0.180. The third kappa shape index (κ3) is 5.13. The lowest BCUT2D eigenvalue weighted by atomic mass is 9.99. The van der Waals surface area contributed by atoms with Crippen LogP contribution in [0.1, 0.15) is 29.7 Å². The second-order valence-corrected chi connectivity index (χ2v) is 11.2. The summed E-state index contributed by atoms with van der Waals surface area (Å²) in [6, 6.07) is 8.49. The fourth-order valence-electron chi connectivity index (χ4n) is 4.44. The maximum absolute atomic E-state index is 13.5. The predicted molar refractivity (Wildman–Crippen MR) is 123 cm³/mol. The van der Waals surface area contributed by atoms with Gasteiger partial charge < -0.3 is 9.30 Å². The number of benzene rings is 1. The largest absolute Gasteiger partial charge is 0.488 e. The molecular formula is C23H31FN4O4S. The minimum absolute atomic E-state index is 0.192.